The molecule has 4 heterocycles. The first-order valence-electron chi connectivity index (χ1n) is 12.1. The number of hydrogen-bond donors (Lipinski definition) is 1. The lowest BCUT2D eigenvalue weighted by Crippen LogP contribution is -2.58. The molecule has 1 aromatic carbocycles. The van der Waals surface area contributed by atoms with Crippen molar-refractivity contribution in [3.05, 3.63) is 82.5 Å². The zero-order chi connectivity index (χ0) is 28.7. The van der Waals surface area contributed by atoms with Crippen molar-refractivity contribution in [1.29, 1.82) is 0 Å². The van der Waals surface area contributed by atoms with Crippen molar-refractivity contribution in [3.8, 4) is 11.3 Å². The van der Waals surface area contributed by atoms with Crippen LogP contribution in [0, 0.1) is 0 Å². The van der Waals surface area contributed by atoms with Crippen LogP contribution in [0.1, 0.15) is 32.8 Å². The second-order valence-electron chi connectivity index (χ2n) is 9.42. The number of anilines is 1. The van der Waals surface area contributed by atoms with Gasteiger partial charge in [-0.3, -0.25) is 14.6 Å². The van der Waals surface area contributed by atoms with Gasteiger partial charge < -0.3 is 10.6 Å². The number of carbonyl (C=O) groups is 2. The molecule has 6 nitrogen and oxygen atoms in total. The molecule has 0 saturated carbocycles. The van der Waals surface area contributed by atoms with Crippen molar-refractivity contribution in [2.75, 3.05) is 18.8 Å². The molecule has 2 N–H and O–H groups in total. The van der Waals surface area contributed by atoms with Gasteiger partial charge in [-0.25, -0.2) is 13.8 Å². The molecule has 0 atom stereocenters. The second-order valence-corrected chi connectivity index (χ2v) is 10.6. The zero-order valence-electron chi connectivity index (χ0n) is 20.7. The molecule has 0 radical (unpaired) electrons. The second kappa shape index (κ2) is 10.4. The third kappa shape index (κ3) is 6.01. The Morgan fingerprint density at radius 1 is 1.05 bits per heavy atom. The number of halogens is 5. The van der Waals surface area contributed by atoms with E-state index in [2.05, 4.69) is 9.97 Å². The van der Waals surface area contributed by atoms with Crippen molar-refractivity contribution in [2.45, 2.75) is 24.9 Å². The number of thiophene rings is 1. The van der Waals surface area contributed by atoms with Crippen LogP contribution in [-0.4, -0.2) is 45.6 Å². The fourth-order valence-corrected chi connectivity index (χ4v) is 5.42. The Balaban J connectivity index is 1.34. The number of hydrogen-bond acceptors (Lipinski definition) is 6. The van der Waals surface area contributed by atoms with Crippen LogP contribution in [-0.2, 0) is 17.4 Å². The molecule has 12 heteroatoms. The summed E-state index contributed by atoms with van der Waals surface area (Å²) in [7, 11) is 0. The number of nitrogens with two attached hydrogens (primary N) is 1. The van der Waals surface area contributed by atoms with Crippen molar-refractivity contribution >= 4 is 45.0 Å². The molecule has 0 unspecified atom stereocenters. The number of aromatic nitrogens is 2. The summed E-state index contributed by atoms with van der Waals surface area (Å²) in [6.45, 7) is -1.36. The summed E-state index contributed by atoms with van der Waals surface area (Å²) < 4.78 is 68.2. The highest BCUT2D eigenvalue weighted by Gasteiger charge is 2.46. The van der Waals surface area contributed by atoms with Gasteiger partial charge in [-0.15, -0.1) is 11.3 Å². The molecule has 1 aliphatic heterocycles. The van der Waals surface area contributed by atoms with Gasteiger partial charge in [0.05, 0.1) is 29.9 Å². The van der Waals surface area contributed by atoms with Gasteiger partial charge >= 0.3 is 6.18 Å². The average Bonchev–Trinajstić information content (AvgIpc) is 3.31. The molecule has 1 amide bonds. The molecule has 1 saturated heterocycles. The molecular formula is C28H21F5N4O2S. The van der Waals surface area contributed by atoms with Gasteiger partial charge in [0.25, 0.3) is 11.8 Å². The third-order valence-corrected chi connectivity index (χ3v) is 7.54. The minimum Gasteiger partial charge on any atom is -0.384 e. The fourth-order valence-electron chi connectivity index (χ4n) is 4.25. The number of allylic oxidation sites excluding steroid dienone is 1. The Kier molecular flexibility index (Phi) is 7.13. The summed E-state index contributed by atoms with van der Waals surface area (Å²) in [6.07, 6.45) is 1.42. The molecule has 0 bridgehead atoms. The van der Waals surface area contributed by atoms with Crippen LogP contribution in [0.4, 0.5) is 27.8 Å². The van der Waals surface area contributed by atoms with Gasteiger partial charge in [-0.2, -0.15) is 13.2 Å². The maximum atomic E-state index is 14.0. The molecule has 5 rings (SSSR count). The van der Waals surface area contributed by atoms with Gasteiger partial charge in [0.1, 0.15) is 5.82 Å². The first-order chi connectivity index (χ1) is 18.9. The first kappa shape index (κ1) is 27.4. The molecule has 206 valence electrons. The summed E-state index contributed by atoms with van der Waals surface area (Å²) in [5.74, 6) is -3.36. The van der Waals surface area contributed by atoms with Crippen LogP contribution in [0.5, 0.6) is 0 Å². The van der Waals surface area contributed by atoms with Crippen molar-refractivity contribution in [3.63, 3.8) is 0 Å². The highest BCUT2D eigenvalue weighted by atomic mass is 32.1. The number of rotatable bonds is 7. The van der Waals surface area contributed by atoms with Gasteiger partial charge in [0.15, 0.2) is 5.78 Å². The van der Waals surface area contributed by atoms with E-state index in [1.165, 1.54) is 30.6 Å². The molecular weight excluding hydrogens is 551 g/mol. The van der Waals surface area contributed by atoms with Gasteiger partial charge in [0, 0.05) is 34.0 Å². The molecule has 3 aromatic heterocycles. The lowest BCUT2D eigenvalue weighted by atomic mass is 10.0. The SMILES string of the molecule is Nc1ccc(/C=C/C(=O)CCc2cc3cc(-c4ccc(C(=O)N5CC(F)(F)C5)cn4)cc(C(F)(F)F)c3s2)cn1. The monoisotopic (exact) mass is 572 g/mol. The minimum atomic E-state index is -4.64. The average molecular weight is 573 g/mol. The summed E-state index contributed by atoms with van der Waals surface area (Å²) >= 11 is 0.979. The zero-order valence-corrected chi connectivity index (χ0v) is 21.5. The smallest absolute Gasteiger partial charge is 0.384 e. The normalized spacial score (nSPS) is 15.0. The van der Waals surface area contributed by atoms with E-state index in [1.807, 2.05) is 0 Å². The van der Waals surface area contributed by atoms with E-state index >= 15 is 0 Å². The predicted octanol–water partition coefficient (Wildman–Crippen LogP) is 6.27. The minimum absolute atomic E-state index is 0.0488. The Labute approximate surface area is 229 Å². The topological polar surface area (TPSA) is 89.2 Å². The predicted molar refractivity (Wildman–Crippen MR) is 142 cm³/mol. The summed E-state index contributed by atoms with van der Waals surface area (Å²) in [4.78, 5) is 34.3. The maximum Gasteiger partial charge on any atom is 0.417 e. The Bertz CT molecular complexity index is 1600. The number of ketones is 1. The van der Waals surface area contributed by atoms with Crippen molar-refractivity contribution in [2.24, 2.45) is 0 Å². The highest BCUT2D eigenvalue weighted by Crippen LogP contribution is 2.41. The maximum absolute atomic E-state index is 14.0. The molecule has 40 heavy (non-hydrogen) atoms. The quantitative estimate of drug-likeness (QED) is 0.209. The van der Waals surface area contributed by atoms with Crippen LogP contribution in [0.25, 0.3) is 27.4 Å². The van der Waals surface area contributed by atoms with E-state index < -0.39 is 36.7 Å². The number of aryl methyl sites for hydroxylation is 1. The number of pyridine rings is 2. The summed E-state index contributed by atoms with van der Waals surface area (Å²) in [5.41, 5.74) is 5.86. The molecule has 0 spiro atoms. The summed E-state index contributed by atoms with van der Waals surface area (Å²) in [6, 6.07) is 10.3. The van der Waals surface area contributed by atoms with Crippen LogP contribution < -0.4 is 5.73 Å². The Hall–Kier alpha value is -4.19. The number of amides is 1. The Morgan fingerprint density at radius 3 is 2.45 bits per heavy atom. The lowest BCUT2D eigenvalue weighted by molar-refractivity contribution is -0.136. The number of alkyl halides is 5. The van der Waals surface area contributed by atoms with Crippen molar-refractivity contribution in [1.82, 2.24) is 14.9 Å². The number of carbonyl (C=O) groups excluding carboxylic acids is 2. The van der Waals surface area contributed by atoms with E-state index in [0.29, 0.717) is 21.6 Å². The molecule has 4 aromatic rings. The number of nitrogens with zero attached hydrogens (tertiary/aromatic N) is 3. The largest absolute Gasteiger partial charge is 0.417 e. The van der Waals surface area contributed by atoms with Crippen LogP contribution >= 0.6 is 11.3 Å². The standard InChI is InChI=1S/C28H21F5N4O2S/c29-27(30)14-37(15-27)26(39)17-3-7-23(35-13-17)18-9-19-10-21(40-25(19)22(11-18)28(31,32)33)6-5-20(38)4-1-16-2-8-24(34)36-12-16/h1-4,7-13H,5-6,14-15H2,(H2,34,36)/b4-1+. The molecule has 1 fully saturated rings. The van der Waals surface area contributed by atoms with Gasteiger partial charge in [0.2, 0.25) is 0 Å². The molecule has 1 aliphatic rings. The van der Waals surface area contributed by atoms with Crippen LogP contribution in [0.3, 0.4) is 0 Å². The first-order valence-corrected chi connectivity index (χ1v) is 12.9. The van der Waals surface area contributed by atoms with E-state index in [9.17, 15) is 31.5 Å². The third-order valence-electron chi connectivity index (χ3n) is 6.30. The van der Waals surface area contributed by atoms with E-state index in [4.69, 9.17) is 5.73 Å². The lowest BCUT2D eigenvalue weighted by Gasteiger charge is -2.38. The number of fused-ring (bicyclic) bond motifs is 1. The van der Waals surface area contributed by atoms with E-state index in [1.54, 1.807) is 30.3 Å². The fraction of sp³-hybridized carbons (Fsp3) is 0.214. The summed E-state index contributed by atoms with van der Waals surface area (Å²) in [5, 5.41) is 0.352. The van der Waals surface area contributed by atoms with Crippen molar-refractivity contribution < 1.29 is 31.5 Å². The molecule has 0 aliphatic carbocycles. The number of nitrogen functional groups attached to an aromatic ring is 1. The van der Waals surface area contributed by atoms with Crippen LogP contribution in [0.15, 0.2) is 60.9 Å². The van der Waals surface area contributed by atoms with E-state index in [-0.39, 0.29) is 40.1 Å². The van der Waals surface area contributed by atoms with Gasteiger partial charge in [-0.05, 0) is 72.0 Å². The highest BCUT2D eigenvalue weighted by molar-refractivity contribution is 7.19. The van der Waals surface area contributed by atoms with Crippen LogP contribution in [0.2, 0.25) is 0 Å². The number of benzene rings is 1. The van der Waals surface area contributed by atoms with E-state index in [0.717, 1.165) is 22.3 Å². The number of likely N-dealkylation sites (tertiary alicyclic amines) is 1. The Morgan fingerprint density at radius 2 is 1.82 bits per heavy atom. The van der Waals surface area contributed by atoms with Gasteiger partial charge in [-0.1, -0.05) is 0 Å².